The second-order valence-corrected chi connectivity index (χ2v) is 3.62. The topological polar surface area (TPSA) is 29.1 Å². The zero-order chi connectivity index (χ0) is 9.00. The van der Waals surface area contributed by atoms with Gasteiger partial charge in [0, 0.05) is 0 Å². The first kappa shape index (κ1) is 7.06. The van der Waals surface area contributed by atoms with Crippen LogP contribution in [0.3, 0.4) is 0 Å². The molecular weight excluding hydrogens is 169 g/mol. The molecule has 0 aromatic heterocycles. The van der Waals surface area contributed by atoms with E-state index in [1.807, 2.05) is 0 Å². The van der Waals surface area contributed by atoms with E-state index in [0.717, 1.165) is 17.5 Å². The van der Waals surface area contributed by atoms with Crippen molar-refractivity contribution in [1.29, 1.82) is 0 Å². The van der Waals surface area contributed by atoms with Crippen LogP contribution >= 0.6 is 0 Å². The summed E-state index contributed by atoms with van der Waals surface area (Å²) in [7, 11) is 0. The van der Waals surface area contributed by atoms with Crippen LogP contribution in [0.5, 0.6) is 0 Å². The fraction of sp³-hybridized carbons (Fsp3) is 0.300. The van der Waals surface area contributed by atoms with Crippen molar-refractivity contribution in [3.05, 3.63) is 35.1 Å². The summed E-state index contributed by atoms with van der Waals surface area (Å²) in [6.07, 6.45) is 0.803. The molecule has 0 saturated carbocycles. The van der Waals surface area contributed by atoms with Crippen LogP contribution in [0.15, 0.2) is 18.2 Å². The van der Waals surface area contributed by atoms with Crippen molar-refractivity contribution in [3.8, 4) is 0 Å². The van der Waals surface area contributed by atoms with Crippen LogP contribution in [0.25, 0.3) is 0 Å². The van der Waals surface area contributed by atoms with Crippen LogP contribution in [-0.4, -0.2) is 5.91 Å². The number of benzene rings is 1. The van der Waals surface area contributed by atoms with Crippen LogP contribution in [0.1, 0.15) is 29.5 Å². The number of rotatable bonds is 0. The highest BCUT2D eigenvalue weighted by Gasteiger charge is 2.42. The summed E-state index contributed by atoms with van der Waals surface area (Å²) in [6, 6.07) is 4.84. The normalized spacial score (nSPS) is 28.8. The molecule has 3 rings (SSSR count). The predicted octanol–water partition coefficient (Wildman–Crippen LogP) is 1.48. The van der Waals surface area contributed by atoms with Crippen molar-refractivity contribution < 1.29 is 9.18 Å². The highest BCUT2D eigenvalue weighted by atomic mass is 19.1. The summed E-state index contributed by atoms with van der Waals surface area (Å²) in [5.41, 5.74) is 1.97. The predicted molar refractivity (Wildman–Crippen MR) is 44.6 cm³/mol. The maximum absolute atomic E-state index is 12.9. The summed E-state index contributed by atoms with van der Waals surface area (Å²) < 4.78 is 12.9. The number of hydrogen-bond donors (Lipinski definition) is 1. The lowest BCUT2D eigenvalue weighted by atomic mass is 9.99. The van der Waals surface area contributed by atoms with E-state index in [2.05, 4.69) is 5.32 Å². The molecule has 2 unspecified atom stereocenters. The molecule has 1 aromatic rings. The Hall–Kier alpha value is -1.38. The molecule has 1 aliphatic heterocycles. The van der Waals surface area contributed by atoms with E-state index in [9.17, 15) is 9.18 Å². The fourth-order valence-corrected chi connectivity index (χ4v) is 2.31. The summed E-state index contributed by atoms with van der Waals surface area (Å²) in [5, 5.41) is 2.87. The van der Waals surface area contributed by atoms with Gasteiger partial charge in [-0.2, -0.15) is 0 Å². The third kappa shape index (κ3) is 0.789. The monoisotopic (exact) mass is 177 g/mol. The van der Waals surface area contributed by atoms with Gasteiger partial charge in [0.1, 0.15) is 5.82 Å². The summed E-state index contributed by atoms with van der Waals surface area (Å²) in [6.45, 7) is 0. The van der Waals surface area contributed by atoms with Gasteiger partial charge in [0.25, 0.3) is 0 Å². The van der Waals surface area contributed by atoms with Gasteiger partial charge < -0.3 is 5.32 Å². The number of carbonyl (C=O) groups excluding carboxylic acids is 1. The number of carbonyl (C=O) groups is 1. The number of hydrogen-bond acceptors (Lipinski definition) is 1. The Balaban J connectivity index is 2.21. The quantitative estimate of drug-likeness (QED) is 0.639. The van der Waals surface area contributed by atoms with Crippen molar-refractivity contribution in [3.63, 3.8) is 0 Å². The van der Waals surface area contributed by atoms with Crippen LogP contribution in [0.2, 0.25) is 0 Å². The van der Waals surface area contributed by atoms with Crippen molar-refractivity contribution >= 4 is 5.91 Å². The first-order valence-corrected chi connectivity index (χ1v) is 4.35. The van der Waals surface area contributed by atoms with E-state index in [1.54, 1.807) is 6.07 Å². The van der Waals surface area contributed by atoms with Gasteiger partial charge in [-0.3, -0.25) is 4.79 Å². The molecule has 0 radical (unpaired) electrons. The largest absolute Gasteiger partial charge is 0.349 e. The highest BCUT2D eigenvalue weighted by Crippen LogP contribution is 2.45. The molecule has 1 saturated heterocycles. The summed E-state index contributed by atoms with van der Waals surface area (Å²) in [4.78, 5) is 11.3. The Labute approximate surface area is 74.8 Å². The average Bonchev–Trinajstić information content (AvgIpc) is 2.60. The van der Waals surface area contributed by atoms with E-state index in [1.165, 1.54) is 12.1 Å². The van der Waals surface area contributed by atoms with Gasteiger partial charge in [0.05, 0.1) is 12.0 Å². The van der Waals surface area contributed by atoms with Crippen molar-refractivity contribution in [2.45, 2.75) is 18.4 Å². The minimum atomic E-state index is -0.251. The van der Waals surface area contributed by atoms with E-state index in [0.29, 0.717) is 0 Å². The molecule has 2 nitrogen and oxygen atoms in total. The van der Waals surface area contributed by atoms with Gasteiger partial charge in [-0.1, -0.05) is 6.07 Å². The zero-order valence-corrected chi connectivity index (χ0v) is 6.88. The van der Waals surface area contributed by atoms with Crippen LogP contribution < -0.4 is 5.32 Å². The van der Waals surface area contributed by atoms with Crippen LogP contribution in [0.4, 0.5) is 4.39 Å². The first-order chi connectivity index (χ1) is 6.25. The minimum Gasteiger partial charge on any atom is -0.349 e. The molecule has 0 spiro atoms. The lowest BCUT2D eigenvalue weighted by molar-refractivity contribution is -0.120. The van der Waals surface area contributed by atoms with Gasteiger partial charge in [-0.25, -0.2) is 4.39 Å². The van der Waals surface area contributed by atoms with E-state index < -0.39 is 0 Å². The molecule has 66 valence electrons. The zero-order valence-electron chi connectivity index (χ0n) is 6.88. The molecule has 1 N–H and O–H groups in total. The Kier molecular flexibility index (Phi) is 1.14. The molecule has 13 heavy (non-hydrogen) atoms. The minimum absolute atomic E-state index is 0.0445. The van der Waals surface area contributed by atoms with E-state index in [-0.39, 0.29) is 23.7 Å². The third-order valence-electron chi connectivity index (χ3n) is 2.90. The van der Waals surface area contributed by atoms with E-state index >= 15 is 0 Å². The maximum atomic E-state index is 12.9. The molecule has 1 amide bonds. The van der Waals surface area contributed by atoms with Crippen LogP contribution in [0, 0.1) is 5.82 Å². The molecule has 1 aliphatic carbocycles. The van der Waals surface area contributed by atoms with Gasteiger partial charge in [-0.15, -0.1) is 0 Å². The molecule has 1 fully saturated rings. The van der Waals surface area contributed by atoms with Crippen LogP contribution in [-0.2, 0) is 4.79 Å². The highest BCUT2D eigenvalue weighted by molar-refractivity contribution is 5.89. The number of nitrogens with one attached hydrogen (secondary N) is 1. The molecule has 1 heterocycles. The lowest BCUT2D eigenvalue weighted by Crippen LogP contribution is -2.26. The van der Waals surface area contributed by atoms with Gasteiger partial charge in [-0.05, 0) is 29.7 Å². The SMILES string of the molecule is O=C1NC2CC1c1cc(F)ccc12. The smallest absolute Gasteiger partial charge is 0.228 e. The lowest BCUT2D eigenvalue weighted by Gasteiger charge is -2.15. The maximum Gasteiger partial charge on any atom is 0.228 e. The Morgan fingerprint density at radius 1 is 1.38 bits per heavy atom. The van der Waals surface area contributed by atoms with Crippen molar-refractivity contribution in [2.75, 3.05) is 0 Å². The molecule has 2 atom stereocenters. The molecule has 1 aromatic carbocycles. The van der Waals surface area contributed by atoms with Gasteiger partial charge in [0.15, 0.2) is 0 Å². The number of halogens is 1. The Morgan fingerprint density at radius 2 is 2.23 bits per heavy atom. The molecule has 3 heteroatoms. The van der Waals surface area contributed by atoms with Gasteiger partial charge in [0.2, 0.25) is 5.91 Å². The number of fused-ring (bicyclic) bond motifs is 5. The number of amides is 1. The first-order valence-electron chi connectivity index (χ1n) is 4.35. The second-order valence-electron chi connectivity index (χ2n) is 3.62. The average molecular weight is 177 g/mol. The van der Waals surface area contributed by atoms with E-state index in [4.69, 9.17) is 0 Å². The van der Waals surface area contributed by atoms with Crippen molar-refractivity contribution in [1.82, 2.24) is 5.32 Å². The summed E-state index contributed by atoms with van der Waals surface area (Å²) in [5.74, 6) is -0.307. The van der Waals surface area contributed by atoms with Crippen molar-refractivity contribution in [2.24, 2.45) is 0 Å². The fourth-order valence-electron chi connectivity index (χ4n) is 2.31. The van der Waals surface area contributed by atoms with Gasteiger partial charge >= 0.3 is 0 Å². The standard InChI is InChI=1S/C10H8FNO/c11-5-1-2-6-7(3-5)8-4-9(6)12-10(8)13/h1-3,8-9H,4H2,(H,12,13). The Morgan fingerprint density at radius 3 is 3.08 bits per heavy atom. The molecular formula is C10H8FNO. The summed E-state index contributed by atoms with van der Waals surface area (Å²) >= 11 is 0. The molecule has 2 aliphatic rings. The third-order valence-corrected chi connectivity index (χ3v) is 2.90. The molecule has 2 bridgehead atoms. The second kappa shape index (κ2) is 2.10. The Bertz CT molecular complexity index is 402.